The summed E-state index contributed by atoms with van der Waals surface area (Å²) < 4.78 is 31.3. The van der Waals surface area contributed by atoms with Crippen LogP contribution in [-0.2, 0) is 14.8 Å². The van der Waals surface area contributed by atoms with E-state index in [0.717, 1.165) is 37.0 Å². The number of aliphatic hydroxyl groups is 1. The molecule has 21 heavy (non-hydrogen) atoms. The maximum atomic E-state index is 12.8. The lowest BCUT2D eigenvalue weighted by Gasteiger charge is -2.26. The van der Waals surface area contributed by atoms with Gasteiger partial charge in [-0.15, -0.1) is 11.3 Å². The van der Waals surface area contributed by atoms with Crippen LogP contribution in [0.15, 0.2) is 9.72 Å². The highest BCUT2D eigenvalue weighted by atomic mass is 32.2. The van der Waals surface area contributed by atoms with Gasteiger partial charge in [-0.05, 0) is 12.8 Å². The molecule has 0 aliphatic heterocycles. The van der Waals surface area contributed by atoms with Gasteiger partial charge in [0.05, 0.1) is 19.2 Å². The van der Waals surface area contributed by atoms with Crippen molar-refractivity contribution in [2.24, 2.45) is 0 Å². The molecule has 1 fully saturated rings. The van der Waals surface area contributed by atoms with Crippen LogP contribution in [0.5, 0.6) is 0 Å². The number of sulfonamides is 1. The molecule has 1 saturated carbocycles. The standard InChI is InChI=1S/C12H18N2O5S2/c1-19-11(16)10-12(20-8-13-10)21(17,18)14(6-7-15)9-4-2-3-5-9/h8-9,15H,2-7H2,1H3. The summed E-state index contributed by atoms with van der Waals surface area (Å²) in [6.45, 7) is -0.242. The molecule has 7 nitrogen and oxygen atoms in total. The summed E-state index contributed by atoms with van der Waals surface area (Å²) in [5, 5.41) is 9.17. The molecule has 0 spiro atoms. The maximum absolute atomic E-state index is 12.8. The molecular weight excluding hydrogens is 316 g/mol. The van der Waals surface area contributed by atoms with Crippen molar-refractivity contribution in [1.82, 2.24) is 9.29 Å². The van der Waals surface area contributed by atoms with Gasteiger partial charge in [0, 0.05) is 12.6 Å². The topological polar surface area (TPSA) is 96.8 Å². The number of thiazole rings is 1. The smallest absolute Gasteiger partial charge is 0.358 e. The van der Waals surface area contributed by atoms with E-state index in [9.17, 15) is 18.3 Å². The van der Waals surface area contributed by atoms with Gasteiger partial charge in [-0.3, -0.25) is 0 Å². The summed E-state index contributed by atoms with van der Waals surface area (Å²) >= 11 is 0.890. The number of rotatable bonds is 6. The van der Waals surface area contributed by atoms with E-state index in [1.54, 1.807) is 0 Å². The zero-order chi connectivity index (χ0) is 15.5. The number of aromatic nitrogens is 1. The van der Waals surface area contributed by atoms with Crippen molar-refractivity contribution in [3.63, 3.8) is 0 Å². The molecule has 2 rings (SSSR count). The molecule has 9 heteroatoms. The highest BCUT2D eigenvalue weighted by Crippen LogP contribution is 2.31. The van der Waals surface area contributed by atoms with Gasteiger partial charge in [-0.2, -0.15) is 4.31 Å². The molecular formula is C12H18N2O5S2. The van der Waals surface area contributed by atoms with Gasteiger partial charge in [0.15, 0.2) is 9.90 Å². The van der Waals surface area contributed by atoms with Crippen LogP contribution < -0.4 is 0 Å². The SMILES string of the molecule is COC(=O)c1ncsc1S(=O)(=O)N(CCO)C1CCCC1. The van der Waals surface area contributed by atoms with E-state index in [2.05, 4.69) is 9.72 Å². The van der Waals surface area contributed by atoms with E-state index in [1.165, 1.54) is 16.9 Å². The van der Waals surface area contributed by atoms with Crippen LogP contribution in [0, 0.1) is 0 Å². The van der Waals surface area contributed by atoms with E-state index in [4.69, 9.17) is 0 Å². The van der Waals surface area contributed by atoms with Crippen molar-refractivity contribution in [1.29, 1.82) is 0 Å². The number of carbonyl (C=O) groups is 1. The monoisotopic (exact) mass is 334 g/mol. The van der Waals surface area contributed by atoms with Crippen molar-refractivity contribution in [2.75, 3.05) is 20.3 Å². The van der Waals surface area contributed by atoms with Crippen LogP contribution in [0.2, 0.25) is 0 Å². The number of ether oxygens (including phenoxy) is 1. The van der Waals surface area contributed by atoms with Crippen LogP contribution in [0.3, 0.4) is 0 Å². The van der Waals surface area contributed by atoms with Crippen LogP contribution in [0.1, 0.15) is 36.2 Å². The van der Waals surface area contributed by atoms with Gasteiger partial charge in [-0.25, -0.2) is 18.2 Å². The van der Waals surface area contributed by atoms with Crippen molar-refractivity contribution in [2.45, 2.75) is 35.9 Å². The van der Waals surface area contributed by atoms with Crippen molar-refractivity contribution >= 4 is 27.3 Å². The minimum absolute atomic E-state index is 0.0194. The number of esters is 1. The van der Waals surface area contributed by atoms with E-state index >= 15 is 0 Å². The third kappa shape index (κ3) is 3.25. The first-order valence-corrected chi connectivity index (χ1v) is 8.99. The molecule has 0 saturated heterocycles. The van der Waals surface area contributed by atoms with Crippen LogP contribution in [-0.4, -0.2) is 55.1 Å². The Balaban J connectivity index is 2.38. The Morgan fingerprint density at radius 2 is 2.19 bits per heavy atom. The van der Waals surface area contributed by atoms with Crippen molar-refractivity contribution in [3.05, 3.63) is 11.2 Å². The second-order valence-electron chi connectivity index (χ2n) is 4.76. The van der Waals surface area contributed by atoms with E-state index < -0.39 is 16.0 Å². The number of carbonyl (C=O) groups excluding carboxylic acids is 1. The third-order valence-electron chi connectivity index (χ3n) is 3.51. The number of nitrogens with zero attached hydrogens (tertiary/aromatic N) is 2. The largest absolute Gasteiger partial charge is 0.464 e. The second kappa shape index (κ2) is 6.82. The summed E-state index contributed by atoms with van der Waals surface area (Å²) in [7, 11) is -2.68. The molecule has 1 heterocycles. The van der Waals surface area contributed by atoms with Gasteiger partial charge >= 0.3 is 5.97 Å². The molecule has 0 atom stereocenters. The second-order valence-corrected chi connectivity index (χ2v) is 7.70. The van der Waals surface area contributed by atoms with Gasteiger partial charge in [0.25, 0.3) is 10.0 Å². The molecule has 118 valence electrons. The highest BCUT2D eigenvalue weighted by molar-refractivity contribution is 7.91. The van der Waals surface area contributed by atoms with E-state index in [1.807, 2.05) is 0 Å². The maximum Gasteiger partial charge on any atom is 0.358 e. The lowest BCUT2D eigenvalue weighted by atomic mass is 10.2. The van der Waals surface area contributed by atoms with Gasteiger partial charge in [0.1, 0.15) is 0 Å². The number of aliphatic hydroxyl groups excluding tert-OH is 1. The summed E-state index contributed by atoms with van der Waals surface area (Å²) in [5.74, 6) is -0.773. The Labute approximate surface area is 127 Å². The summed E-state index contributed by atoms with van der Waals surface area (Å²) in [4.78, 5) is 15.4. The van der Waals surface area contributed by atoms with Crippen molar-refractivity contribution in [3.8, 4) is 0 Å². The summed E-state index contributed by atoms with van der Waals surface area (Å²) in [5.41, 5.74) is 1.12. The van der Waals surface area contributed by atoms with Gasteiger partial charge < -0.3 is 9.84 Å². The van der Waals surface area contributed by atoms with Crippen LogP contribution in [0.4, 0.5) is 0 Å². The first-order chi connectivity index (χ1) is 10.0. The van der Waals surface area contributed by atoms with E-state index in [-0.39, 0.29) is 29.1 Å². The Bertz CT molecular complexity index is 593. The number of hydrogen-bond acceptors (Lipinski definition) is 7. The molecule has 1 N–H and O–H groups in total. The molecule has 1 aromatic rings. The number of methoxy groups -OCH3 is 1. The molecule has 0 amide bonds. The molecule has 1 aromatic heterocycles. The normalized spacial score (nSPS) is 16.5. The lowest BCUT2D eigenvalue weighted by Crippen LogP contribution is -2.40. The van der Waals surface area contributed by atoms with Crippen LogP contribution >= 0.6 is 11.3 Å². The Morgan fingerprint density at radius 1 is 1.52 bits per heavy atom. The Kier molecular flexibility index (Phi) is 5.31. The van der Waals surface area contributed by atoms with Crippen LogP contribution in [0.25, 0.3) is 0 Å². The molecule has 0 aromatic carbocycles. The number of hydrogen-bond donors (Lipinski definition) is 1. The van der Waals surface area contributed by atoms with Crippen molar-refractivity contribution < 1.29 is 23.1 Å². The summed E-state index contributed by atoms with van der Waals surface area (Å²) in [6.07, 6.45) is 3.47. The minimum Gasteiger partial charge on any atom is -0.464 e. The quantitative estimate of drug-likeness (QED) is 0.775. The average Bonchev–Trinajstić information content (AvgIpc) is 3.14. The zero-order valence-electron chi connectivity index (χ0n) is 11.7. The highest BCUT2D eigenvalue weighted by Gasteiger charge is 2.37. The van der Waals surface area contributed by atoms with Gasteiger partial charge in [0.2, 0.25) is 0 Å². The predicted octanol–water partition coefficient (Wildman–Crippen LogP) is 0.855. The zero-order valence-corrected chi connectivity index (χ0v) is 13.3. The molecule has 1 aliphatic carbocycles. The third-order valence-corrected chi connectivity index (χ3v) is 6.81. The average molecular weight is 334 g/mol. The fourth-order valence-electron chi connectivity index (χ4n) is 2.55. The van der Waals surface area contributed by atoms with E-state index in [0.29, 0.717) is 0 Å². The molecule has 0 bridgehead atoms. The minimum atomic E-state index is -3.86. The first kappa shape index (κ1) is 16.3. The molecule has 0 radical (unpaired) electrons. The molecule has 1 aliphatic rings. The molecule has 0 unspecified atom stereocenters. The first-order valence-electron chi connectivity index (χ1n) is 6.67. The fraction of sp³-hybridized carbons (Fsp3) is 0.667. The summed E-state index contributed by atoms with van der Waals surface area (Å²) in [6, 6.07) is -0.130. The fourth-order valence-corrected chi connectivity index (χ4v) is 5.47. The predicted molar refractivity (Wildman–Crippen MR) is 76.7 cm³/mol. The lowest BCUT2D eigenvalue weighted by molar-refractivity contribution is 0.0590. The Hall–Kier alpha value is -1.03. The Morgan fingerprint density at radius 3 is 2.76 bits per heavy atom. The van der Waals surface area contributed by atoms with Gasteiger partial charge in [-0.1, -0.05) is 12.8 Å².